The average molecular weight is 401 g/mol. The van der Waals surface area contributed by atoms with Crippen LogP contribution in [0.4, 0.5) is 11.4 Å². The van der Waals surface area contributed by atoms with Gasteiger partial charge in [0.25, 0.3) is 0 Å². The zero-order valence-electron chi connectivity index (χ0n) is 16.0. The van der Waals surface area contributed by atoms with Gasteiger partial charge in [0.2, 0.25) is 18.6 Å². The molecule has 0 aliphatic carbocycles. The van der Waals surface area contributed by atoms with Gasteiger partial charge in [-0.1, -0.05) is 19.9 Å². The van der Waals surface area contributed by atoms with Crippen molar-refractivity contribution in [3.05, 3.63) is 42.5 Å². The molecule has 2 amide bonds. The van der Waals surface area contributed by atoms with Crippen LogP contribution >= 0.6 is 11.8 Å². The van der Waals surface area contributed by atoms with E-state index in [2.05, 4.69) is 10.6 Å². The molecule has 1 heterocycles. The molecule has 1 atom stereocenters. The predicted molar refractivity (Wildman–Crippen MR) is 111 cm³/mol. The van der Waals surface area contributed by atoms with Gasteiger partial charge in [-0.25, -0.2) is 0 Å². The third kappa shape index (κ3) is 5.19. The number of fused-ring (bicyclic) bond motifs is 1. The molecule has 0 bridgehead atoms. The monoisotopic (exact) mass is 400 g/mol. The van der Waals surface area contributed by atoms with E-state index < -0.39 is 0 Å². The number of benzene rings is 2. The Kier molecular flexibility index (Phi) is 6.81. The van der Waals surface area contributed by atoms with E-state index in [1.807, 2.05) is 38.1 Å². The van der Waals surface area contributed by atoms with Crippen molar-refractivity contribution in [1.82, 2.24) is 0 Å². The highest BCUT2D eigenvalue weighted by Crippen LogP contribution is 2.35. The van der Waals surface area contributed by atoms with Crippen LogP contribution in [0, 0.1) is 0 Å². The fourth-order valence-electron chi connectivity index (χ4n) is 2.78. The molecule has 6 nitrogen and oxygen atoms in total. The maximum Gasteiger partial charge on any atom is 0.237 e. The van der Waals surface area contributed by atoms with Gasteiger partial charge < -0.3 is 20.1 Å². The standard InChI is InChI=1S/C21H24N2O4S/c1-3-6-20(24)22-14-7-5-8-16(11-14)28-19(4-2)21(25)23-15-9-10-17-18(12-15)27-13-26-17/h5,7-12,19H,3-4,6,13H2,1-2H3,(H,22,24)(H,23,25). The van der Waals surface area contributed by atoms with Crippen molar-refractivity contribution in [2.75, 3.05) is 17.4 Å². The molecule has 0 saturated carbocycles. The first kappa shape index (κ1) is 20.1. The van der Waals surface area contributed by atoms with Gasteiger partial charge in [-0.3, -0.25) is 9.59 Å². The smallest absolute Gasteiger partial charge is 0.237 e. The maximum absolute atomic E-state index is 12.7. The minimum absolute atomic E-state index is 0.00255. The second kappa shape index (κ2) is 9.50. The van der Waals surface area contributed by atoms with Crippen molar-refractivity contribution >= 4 is 35.0 Å². The van der Waals surface area contributed by atoms with E-state index in [-0.39, 0.29) is 23.9 Å². The number of anilines is 2. The Hall–Kier alpha value is -2.67. The highest BCUT2D eigenvalue weighted by Gasteiger charge is 2.20. The summed E-state index contributed by atoms with van der Waals surface area (Å²) in [5.74, 6) is 1.24. The summed E-state index contributed by atoms with van der Waals surface area (Å²) in [6.45, 7) is 4.14. The van der Waals surface area contributed by atoms with Gasteiger partial charge in [0.1, 0.15) is 0 Å². The number of ether oxygens (including phenoxy) is 2. The molecule has 0 spiro atoms. The maximum atomic E-state index is 12.7. The van der Waals surface area contributed by atoms with E-state index in [1.165, 1.54) is 11.8 Å². The molecule has 0 saturated heterocycles. The van der Waals surface area contributed by atoms with E-state index in [9.17, 15) is 9.59 Å². The molecule has 2 N–H and O–H groups in total. The lowest BCUT2D eigenvalue weighted by atomic mass is 10.2. The quantitative estimate of drug-likeness (QED) is 0.630. The highest BCUT2D eigenvalue weighted by atomic mass is 32.2. The van der Waals surface area contributed by atoms with Crippen LogP contribution in [0.15, 0.2) is 47.4 Å². The fraction of sp³-hybridized carbons (Fsp3) is 0.333. The Balaban J connectivity index is 1.63. The van der Waals surface area contributed by atoms with Crippen molar-refractivity contribution < 1.29 is 19.1 Å². The molecule has 0 aromatic heterocycles. The minimum Gasteiger partial charge on any atom is -0.454 e. The summed E-state index contributed by atoms with van der Waals surface area (Å²) in [6, 6.07) is 12.9. The first-order valence-corrected chi connectivity index (χ1v) is 10.2. The number of amides is 2. The number of carbonyl (C=O) groups excluding carboxylic acids is 2. The van der Waals surface area contributed by atoms with Gasteiger partial charge in [0.15, 0.2) is 11.5 Å². The molecule has 28 heavy (non-hydrogen) atoms. The van der Waals surface area contributed by atoms with Gasteiger partial charge in [0, 0.05) is 28.8 Å². The van der Waals surface area contributed by atoms with Crippen molar-refractivity contribution in [2.45, 2.75) is 43.3 Å². The summed E-state index contributed by atoms with van der Waals surface area (Å²) in [5, 5.41) is 5.57. The Bertz CT molecular complexity index is 856. The number of hydrogen-bond donors (Lipinski definition) is 2. The molecule has 1 aliphatic heterocycles. The van der Waals surface area contributed by atoms with Crippen LogP contribution in [-0.2, 0) is 9.59 Å². The molecule has 0 fully saturated rings. The van der Waals surface area contributed by atoms with Gasteiger partial charge in [0.05, 0.1) is 5.25 Å². The Morgan fingerprint density at radius 2 is 1.82 bits per heavy atom. The fourth-order valence-corrected chi connectivity index (χ4v) is 3.79. The second-order valence-electron chi connectivity index (χ2n) is 6.40. The zero-order chi connectivity index (χ0) is 19.9. The Morgan fingerprint density at radius 3 is 2.61 bits per heavy atom. The summed E-state index contributed by atoms with van der Waals surface area (Å²) in [5.41, 5.74) is 1.42. The summed E-state index contributed by atoms with van der Waals surface area (Å²) >= 11 is 1.48. The molecule has 2 aromatic rings. The van der Waals surface area contributed by atoms with Crippen LogP contribution in [0.1, 0.15) is 33.1 Å². The van der Waals surface area contributed by atoms with Crippen LogP contribution < -0.4 is 20.1 Å². The summed E-state index contributed by atoms with van der Waals surface area (Å²) in [6.07, 6.45) is 1.97. The zero-order valence-corrected chi connectivity index (χ0v) is 16.8. The predicted octanol–water partition coefficient (Wildman–Crippen LogP) is 4.66. The second-order valence-corrected chi connectivity index (χ2v) is 7.67. The van der Waals surface area contributed by atoms with E-state index in [1.54, 1.807) is 18.2 Å². The molecule has 3 rings (SSSR count). The normalized spacial score (nSPS) is 13.1. The van der Waals surface area contributed by atoms with Gasteiger partial charge >= 0.3 is 0 Å². The molecular weight excluding hydrogens is 376 g/mol. The van der Waals surface area contributed by atoms with E-state index in [4.69, 9.17) is 9.47 Å². The molecule has 1 aliphatic rings. The first-order valence-electron chi connectivity index (χ1n) is 9.36. The van der Waals surface area contributed by atoms with E-state index in [0.717, 1.165) is 17.0 Å². The SMILES string of the molecule is CCCC(=O)Nc1cccc(SC(CC)C(=O)Nc2ccc3c(c2)OCO3)c1. The van der Waals surface area contributed by atoms with Crippen molar-refractivity contribution in [1.29, 1.82) is 0 Å². The highest BCUT2D eigenvalue weighted by molar-refractivity contribution is 8.00. The Labute approximate surface area is 169 Å². The van der Waals surface area contributed by atoms with Crippen molar-refractivity contribution in [3.63, 3.8) is 0 Å². The summed E-state index contributed by atoms with van der Waals surface area (Å²) < 4.78 is 10.6. The van der Waals surface area contributed by atoms with Crippen LogP contribution in [0.3, 0.4) is 0 Å². The molecule has 148 valence electrons. The first-order chi connectivity index (χ1) is 13.6. The number of carbonyl (C=O) groups is 2. The lowest BCUT2D eigenvalue weighted by Gasteiger charge is -2.15. The Morgan fingerprint density at radius 1 is 1.04 bits per heavy atom. The topological polar surface area (TPSA) is 76.7 Å². The van der Waals surface area contributed by atoms with Crippen molar-refractivity contribution in [2.24, 2.45) is 0 Å². The number of thioether (sulfide) groups is 1. The lowest BCUT2D eigenvalue weighted by molar-refractivity contribution is -0.116. The summed E-state index contributed by atoms with van der Waals surface area (Å²) in [4.78, 5) is 25.4. The van der Waals surface area contributed by atoms with Gasteiger partial charge in [-0.15, -0.1) is 11.8 Å². The molecular formula is C21H24N2O4S. The molecule has 2 aromatic carbocycles. The van der Waals surface area contributed by atoms with E-state index in [0.29, 0.717) is 30.0 Å². The van der Waals surface area contributed by atoms with Crippen LogP contribution in [-0.4, -0.2) is 23.9 Å². The molecule has 1 unspecified atom stereocenters. The number of nitrogens with one attached hydrogen (secondary N) is 2. The average Bonchev–Trinajstić information content (AvgIpc) is 3.14. The molecule has 7 heteroatoms. The van der Waals surface area contributed by atoms with Gasteiger partial charge in [-0.2, -0.15) is 0 Å². The summed E-state index contributed by atoms with van der Waals surface area (Å²) in [7, 11) is 0. The van der Waals surface area contributed by atoms with Crippen molar-refractivity contribution in [3.8, 4) is 11.5 Å². The number of rotatable bonds is 8. The van der Waals surface area contributed by atoms with Crippen LogP contribution in [0.5, 0.6) is 11.5 Å². The molecule has 0 radical (unpaired) electrons. The van der Waals surface area contributed by atoms with Gasteiger partial charge in [-0.05, 0) is 43.2 Å². The third-order valence-corrected chi connectivity index (χ3v) is 5.53. The lowest BCUT2D eigenvalue weighted by Crippen LogP contribution is -2.24. The largest absolute Gasteiger partial charge is 0.454 e. The number of hydrogen-bond acceptors (Lipinski definition) is 5. The van der Waals surface area contributed by atoms with E-state index >= 15 is 0 Å². The van der Waals surface area contributed by atoms with Crippen LogP contribution in [0.25, 0.3) is 0 Å². The third-order valence-electron chi connectivity index (χ3n) is 4.18. The van der Waals surface area contributed by atoms with Crippen LogP contribution in [0.2, 0.25) is 0 Å². The minimum atomic E-state index is -0.257.